The lowest BCUT2D eigenvalue weighted by Crippen LogP contribution is -2.20. The Kier molecular flexibility index (Phi) is 6.21. The summed E-state index contributed by atoms with van der Waals surface area (Å²) in [5.74, 6) is -0.207. The van der Waals surface area contributed by atoms with Crippen LogP contribution in [0.5, 0.6) is 0 Å². The van der Waals surface area contributed by atoms with Gasteiger partial charge in [0, 0.05) is 22.0 Å². The highest BCUT2D eigenvalue weighted by molar-refractivity contribution is 7.82. The number of aryl methyl sites for hydroxylation is 3. The average Bonchev–Trinajstić information content (AvgIpc) is 2.73. The number of benzene rings is 3. The monoisotopic (exact) mass is 420 g/mol. The van der Waals surface area contributed by atoms with E-state index in [0.717, 1.165) is 5.56 Å². The normalized spacial score (nSPS) is 13.0. The van der Waals surface area contributed by atoms with E-state index in [1.165, 1.54) is 6.07 Å². The van der Waals surface area contributed by atoms with Crippen LogP contribution in [0.4, 0.5) is 0 Å². The SMILES string of the molecule is CCc1ccccc1P(=O)(O)C(=O)c1c(C)cc(C)c(C(=O)c2ccccc2)c1C. The van der Waals surface area contributed by atoms with Crippen LogP contribution in [0.2, 0.25) is 0 Å². The van der Waals surface area contributed by atoms with E-state index >= 15 is 0 Å². The first-order chi connectivity index (χ1) is 14.2. The Morgan fingerprint density at radius 1 is 0.867 bits per heavy atom. The van der Waals surface area contributed by atoms with Crippen molar-refractivity contribution >= 4 is 24.0 Å². The highest BCUT2D eigenvalue weighted by atomic mass is 31.2. The zero-order valence-corrected chi connectivity index (χ0v) is 18.5. The van der Waals surface area contributed by atoms with Gasteiger partial charge >= 0.3 is 0 Å². The van der Waals surface area contributed by atoms with Gasteiger partial charge in [-0.05, 0) is 55.5 Å². The first kappa shape index (κ1) is 21.9. The molecule has 0 aliphatic carbocycles. The summed E-state index contributed by atoms with van der Waals surface area (Å²) in [6.07, 6.45) is 0.539. The van der Waals surface area contributed by atoms with Gasteiger partial charge in [0.1, 0.15) is 0 Å². The fourth-order valence-corrected chi connectivity index (χ4v) is 5.74. The number of carbonyl (C=O) groups is 2. The Labute approximate surface area is 177 Å². The second-order valence-electron chi connectivity index (χ2n) is 7.44. The predicted octanol–water partition coefficient (Wildman–Crippen LogP) is 5.14. The third-order valence-corrected chi connectivity index (χ3v) is 7.29. The van der Waals surface area contributed by atoms with Crippen LogP contribution in [0.15, 0.2) is 60.7 Å². The van der Waals surface area contributed by atoms with Crippen LogP contribution in [0, 0.1) is 20.8 Å². The van der Waals surface area contributed by atoms with Crippen LogP contribution in [0.25, 0.3) is 0 Å². The Morgan fingerprint density at radius 2 is 1.43 bits per heavy atom. The molecule has 3 rings (SSSR count). The zero-order valence-electron chi connectivity index (χ0n) is 17.6. The molecule has 30 heavy (non-hydrogen) atoms. The van der Waals surface area contributed by atoms with E-state index in [2.05, 4.69) is 0 Å². The minimum atomic E-state index is -4.35. The molecule has 154 valence electrons. The lowest BCUT2D eigenvalue weighted by atomic mass is 9.89. The Balaban J connectivity index is 2.18. The number of hydrogen-bond donors (Lipinski definition) is 1. The number of carbonyl (C=O) groups excluding carboxylic acids is 2. The summed E-state index contributed by atoms with van der Waals surface area (Å²) < 4.78 is 13.4. The fraction of sp³-hybridized carbons (Fsp3) is 0.200. The Hall–Kier alpha value is -2.81. The molecular formula is C25H25O4P. The van der Waals surface area contributed by atoms with E-state index in [4.69, 9.17) is 0 Å². The van der Waals surface area contributed by atoms with Crippen molar-refractivity contribution in [2.75, 3.05) is 0 Å². The van der Waals surface area contributed by atoms with Crippen molar-refractivity contribution in [3.05, 3.63) is 99.6 Å². The summed E-state index contributed by atoms with van der Waals surface area (Å²) in [4.78, 5) is 37.4. The van der Waals surface area contributed by atoms with E-state index in [9.17, 15) is 19.0 Å². The minimum Gasteiger partial charge on any atom is -0.336 e. The predicted molar refractivity (Wildman–Crippen MR) is 120 cm³/mol. The average molecular weight is 420 g/mol. The van der Waals surface area contributed by atoms with E-state index in [0.29, 0.717) is 34.2 Å². The van der Waals surface area contributed by atoms with Crippen LogP contribution in [0.3, 0.4) is 0 Å². The lowest BCUT2D eigenvalue weighted by molar-refractivity contribution is 0.103. The molecule has 0 saturated carbocycles. The molecular weight excluding hydrogens is 395 g/mol. The zero-order chi connectivity index (χ0) is 22.1. The molecule has 0 aliphatic heterocycles. The standard InChI is InChI=1S/C25H25O4P/c1-5-19-11-9-10-14-21(19)30(28,29)25(27)23-17(3)15-16(2)22(18(23)4)24(26)20-12-7-6-8-13-20/h6-15H,5H2,1-4H3,(H,28,29). The lowest BCUT2D eigenvalue weighted by Gasteiger charge is -2.19. The van der Waals surface area contributed by atoms with Crippen molar-refractivity contribution in [3.8, 4) is 0 Å². The maximum atomic E-state index is 13.4. The van der Waals surface area contributed by atoms with Crippen molar-refractivity contribution in [2.45, 2.75) is 34.1 Å². The number of hydrogen-bond acceptors (Lipinski definition) is 3. The molecule has 1 N–H and O–H groups in total. The molecule has 4 nitrogen and oxygen atoms in total. The summed E-state index contributed by atoms with van der Waals surface area (Å²) in [5, 5.41) is 0.160. The third kappa shape index (κ3) is 3.81. The van der Waals surface area contributed by atoms with Gasteiger partial charge in [0.05, 0.1) is 0 Å². The van der Waals surface area contributed by atoms with Gasteiger partial charge in [-0.25, -0.2) is 0 Å². The van der Waals surface area contributed by atoms with Gasteiger partial charge in [-0.2, -0.15) is 0 Å². The van der Waals surface area contributed by atoms with Crippen LogP contribution in [-0.4, -0.2) is 16.2 Å². The van der Waals surface area contributed by atoms with E-state index in [1.54, 1.807) is 62.4 Å². The van der Waals surface area contributed by atoms with Crippen molar-refractivity contribution in [3.63, 3.8) is 0 Å². The van der Waals surface area contributed by atoms with Crippen molar-refractivity contribution < 1.29 is 19.0 Å². The molecule has 3 aromatic rings. The molecule has 0 radical (unpaired) electrons. The quantitative estimate of drug-likeness (QED) is 0.443. The van der Waals surface area contributed by atoms with E-state index in [1.807, 2.05) is 19.9 Å². The van der Waals surface area contributed by atoms with E-state index in [-0.39, 0.29) is 16.7 Å². The van der Waals surface area contributed by atoms with Crippen LogP contribution >= 0.6 is 7.37 Å². The molecule has 1 unspecified atom stereocenters. The largest absolute Gasteiger partial charge is 0.336 e. The number of rotatable bonds is 6. The van der Waals surface area contributed by atoms with Crippen molar-refractivity contribution in [2.24, 2.45) is 0 Å². The summed E-state index contributed by atoms with van der Waals surface area (Å²) in [6.45, 7) is 7.10. The van der Waals surface area contributed by atoms with Gasteiger partial charge in [0.15, 0.2) is 5.78 Å². The van der Waals surface area contributed by atoms with Crippen LogP contribution in [0.1, 0.15) is 55.5 Å². The summed E-state index contributed by atoms with van der Waals surface area (Å²) in [7, 11) is -4.35. The van der Waals surface area contributed by atoms with Crippen LogP contribution in [-0.2, 0) is 11.0 Å². The van der Waals surface area contributed by atoms with Crippen molar-refractivity contribution in [1.82, 2.24) is 0 Å². The minimum absolute atomic E-state index is 0.150. The summed E-state index contributed by atoms with van der Waals surface area (Å²) >= 11 is 0. The molecule has 0 bridgehead atoms. The fourth-order valence-electron chi connectivity index (χ4n) is 3.96. The van der Waals surface area contributed by atoms with Gasteiger partial charge in [0.2, 0.25) is 0 Å². The second-order valence-corrected chi connectivity index (χ2v) is 9.48. The smallest absolute Gasteiger partial charge is 0.298 e. The molecule has 0 aromatic heterocycles. The molecule has 0 amide bonds. The topological polar surface area (TPSA) is 71.4 Å². The Bertz CT molecular complexity index is 1180. The molecule has 5 heteroatoms. The van der Waals surface area contributed by atoms with Gasteiger partial charge in [0.25, 0.3) is 12.9 Å². The Morgan fingerprint density at radius 3 is 2.07 bits per heavy atom. The first-order valence-electron chi connectivity index (χ1n) is 9.86. The van der Waals surface area contributed by atoms with Crippen molar-refractivity contribution in [1.29, 1.82) is 0 Å². The summed E-state index contributed by atoms with van der Waals surface area (Å²) in [6, 6.07) is 17.3. The maximum Gasteiger partial charge on any atom is 0.298 e. The van der Waals surface area contributed by atoms with Crippen LogP contribution < -0.4 is 5.30 Å². The molecule has 3 aromatic carbocycles. The van der Waals surface area contributed by atoms with E-state index < -0.39 is 12.9 Å². The van der Waals surface area contributed by atoms with Gasteiger partial charge in [-0.1, -0.05) is 61.5 Å². The molecule has 0 spiro atoms. The number of ketones is 1. The highest BCUT2D eigenvalue weighted by Crippen LogP contribution is 2.46. The van der Waals surface area contributed by atoms with Gasteiger partial charge in [-0.3, -0.25) is 14.2 Å². The highest BCUT2D eigenvalue weighted by Gasteiger charge is 2.36. The molecule has 1 atom stereocenters. The van der Waals surface area contributed by atoms with Gasteiger partial charge in [-0.15, -0.1) is 0 Å². The summed E-state index contributed by atoms with van der Waals surface area (Å²) in [5.41, 5.74) is 2.65. The molecule has 0 saturated heterocycles. The van der Waals surface area contributed by atoms with Gasteiger partial charge < -0.3 is 4.89 Å². The maximum absolute atomic E-state index is 13.4. The second kappa shape index (κ2) is 8.51. The molecule has 0 aliphatic rings. The molecule has 0 heterocycles. The molecule has 0 fully saturated rings. The third-order valence-electron chi connectivity index (χ3n) is 5.42. The first-order valence-corrected chi connectivity index (χ1v) is 11.5.